The van der Waals surface area contributed by atoms with Gasteiger partial charge in [0, 0.05) is 39.3 Å². The van der Waals surface area contributed by atoms with Gasteiger partial charge in [-0.3, -0.25) is 4.90 Å². The van der Waals surface area contributed by atoms with Crippen LogP contribution in [0.4, 0.5) is 0 Å². The summed E-state index contributed by atoms with van der Waals surface area (Å²) < 4.78 is 27.5. The van der Waals surface area contributed by atoms with E-state index in [4.69, 9.17) is 0 Å². The molecule has 0 atom stereocenters. The normalized spacial score (nSPS) is 20.3. The Balaban J connectivity index is 1.66. The summed E-state index contributed by atoms with van der Waals surface area (Å²) in [6, 6.07) is 5.74. The number of likely N-dealkylation sites (N-methyl/N-ethyl adjacent to an activating group) is 1. The maximum Gasteiger partial charge on any atom is 0.243 e. The molecule has 1 aromatic rings. The zero-order chi connectivity index (χ0) is 17.2. The molecule has 1 aromatic carbocycles. The predicted octanol–water partition coefficient (Wildman–Crippen LogP) is 1.43. The van der Waals surface area contributed by atoms with Crippen LogP contribution in [0.3, 0.4) is 0 Å². The van der Waals surface area contributed by atoms with E-state index in [-0.39, 0.29) is 0 Å². The van der Waals surface area contributed by atoms with Gasteiger partial charge in [-0.1, -0.05) is 6.07 Å². The maximum absolute atomic E-state index is 12.9. The third-order valence-corrected chi connectivity index (χ3v) is 7.05. The van der Waals surface area contributed by atoms with Gasteiger partial charge >= 0.3 is 0 Å². The molecule has 6 heteroatoms. The smallest absolute Gasteiger partial charge is 0.243 e. The van der Waals surface area contributed by atoms with Crippen molar-refractivity contribution in [2.24, 2.45) is 0 Å². The molecule has 0 unspecified atom stereocenters. The summed E-state index contributed by atoms with van der Waals surface area (Å²) in [6.07, 6.45) is 4.48. The first-order valence-electron chi connectivity index (χ1n) is 8.96. The molecular formula is C18H29N3O2S. The third-order valence-electron chi connectivity index (χ3n) is 5.15. The van der Waals surface area contributed by atoms with E-state index in [1.807, 2.05) is 12.1 Å². The minimum absolute atomic E-state index is 0.477. The zero-order valence-corrected chi connectivity index (χ0v) is 15.7. The second-order valence-corrected chi connectivity index (χ2v) is 9.12. The van der Waals surface area contributed by atoms with Crippen molar-refractivity contribution < 1.29 is 8.42 Å². The Labute approximate surface area is 146 Å². The lowest BCUT2D eigenvalue weighted by atomic mass is 9.92. The molecule has 1 aliphatic heterocycles. The number of fused-ring (bicyclic) bond motifs is 1. The van der Waals surface area contributed by atoms with Crippen LogP contribution in [0.25, 0.3) is 0 Å². The van der Waals surface area contributed by atoms with Crippen molar-refractivity contribution in [3.63, 3.8) is 0 Å². The lowest BCUT2D eigenvalue weighted by Gasteiger charge is -2.34. The molecular weight excluding hydrogens is 322 g/mol. The van der Waals surface area contributed by atoms with Crippen LogP contribution in [0.2, 0.25) is 0 Å². The number of sulfonamides is 1. The summed E-state index contributed by atoms with van der Waals surface area (Å²) in [5.41, 5.74) is 2.56. The number of hydrogen-bond acceptors (Lipinski definition) is 4. The Morgan fingerprint density at radius 1 is 1.00 bits per heavy atom. The third kappa shape index (κ3) is 3.99. The van der Waals surface area contributed by atoms with Crippen LogP contribution >= 0.6 is 0 Å². The average Bonchev–Trinajstić information content (AvgIpc) is 2.60. The molecule has 1 heterocycles. The molecule has 24 heavy (non-hydrogen) atoms. The Morgan fingerprint density at radius 3 is 2.33 bits per heavy atom. The highest BCUT2D eigenvalue weighted by Crippen LogP contribution is 2.26. The molecule has 134 valence electrons. The quantitative estimate of drug-likeness (QED) is 0.805. The van der Waals surface area contributed by atoms with Crippen LogP contribution in [0.15, 0.2) is 23.1 Å². The molecule has 0 aromatic heterocycles. The van der Waals surface area contributed by atoms with Gasteiger partial charge in [-0.2, -0.15) is 4.31 Å². The van der Waals surface area contributed by atoms with Gasteiger partial charge in [0.25, 0.3) is 0 Å². The second-order valence-electron chi connectivity index (χ2n) is 7.19. The van der Waals surface area contributed by atoms with E-state index in [0.717, 1.165) is 39.0 Å². The van der Waals surface area contributed by atoms with E-state index in [0.29, 0.717) is 18.0 Å². The van der Waals surface area contributed by atoms with Gasteiger partial charge in [0.2, 0.25) is 10.0 Å². The van der Waals surface area contributed by atoms with E-state index in [1.54, 1.807) is 10.4 Å². The number of benzene rings is 1. The molecule has 1 aliphatic carbocycles. The molecule has 0 spiro atoms. The van der Waals surface area contributed by atoms with Gasteiger partial charge in [-0.15, -0.1) is 0 Å². The molecule has 1 saturated heterocycles. The largest absolute Gasteiger partial charge is 0.308 e. The van der Waals surface area contributed by atoms with Crippen LogP contribution in [0.5, 0.6) is 0 Å². The van der Waals surface area contributed by atoms with Crippen molar-refractivity contribution in [2.75, 3.05) is 53.4 Å². The minimum atomic E-state index is -3.35. The van der Waals surface area contributed by atoms with Crippen molar-refractivity contribution in [1.82, 2.24) is 14.1 Å². The summed E-state index contributed by atoms with van der Waals surface area (Å²) in [4.78, 5) is 4.99. The van der Waals surface area contributed by atoms with E-state index in [1.165, 1.54) is 24.0 Å². The minimum Gasteiger partial charge on any atom is -0.308 e. The Kier molecular flexibility index (Phi) is 5.59. The lowest BCUT2D eigenvalue weighted by Crippen LogP contribution is -2.49. The Morgan fingerprint density at radius 2 is 1.67 bits per heavy atom. The molecule has 0 radical (unpaired) electrons. The fraction of sp³-hybridized carbons (Fsp3) is 0.667. The number of rotatable bonds is 5. The van der Waals surface area contributed by atoms with Crippen molar-refractivity contribution in [3.05, 3.63) is 29.3 Å². The second kappa shape index (κ2) is 7.52. The Bertz CT molecular complexity index is 665. The van der Waals surface area contributed by atoms with E-state index in [9.17, 15) is 8.42 Å². The summed E-state index contributed by atoms with van der Waals surface area (Å²) in [5.74, 6) is 0. The highest BCUT2D eigenvalue weighted by atomic mass is 32.2. The summed E-state index contributed by atoms with van der Waals surface area (Å²) >= 11 is 0. The standard InChI is InChI=1S/C18H29N3O2S/c1-19(2)9-10-20-11-13-21(14-12-20)24(22,23)18-8-7-16-5-3-4-6-17(16)15-18/h7-8,15H,3-6,9-14H2,1-2H3. The van der Waals surface area contributed by atoms with Crippen LogP contribution < -0.4 is 0 Å². The highest BCUT2D eigenvalue weighted by molar-refractivity contribution is 7.89. The van der Waals surface area contributed by atoms with Gasteiger partial charge in [-0.25, -0.2) is 8.42 Å². The van der Waals surface area contributed by atoms with E-state index in [2.05, 4.69) is 23.9 Å². The predicted molar refractivity (Wildman–Crippen MR) is 96.8 cm³/mol. The van der Waals surface area contributed by atoms with Gasteiger partial charge in [-0.05, 0) is 63.0 Å². The molecule has 0 amide bonds. The molecule has 2 aliphatic rings. The van der Waals surface area contributed by atoms with E-state index < -0.39 is 10.0 Å². The summed E-state index contributed by atoms with van der Waals surface area (Å²) in [6.45, 7) is 4.83. The van der Waals surface area contributed by atoms with Crippen LogP contribution in [-0.2, 0) is 22.9 Å². The van der Waals surface area contributed by atoms with Gasteiger partial charge in [0.1, 0.15) is 0 Å². The molecule has 0 saturated carbocycles. The average molecular weight is 352 g/mol. The van der Waals surface area contributed by atoms with Crippen molar-refractivity contribution >= 4 is 10.0 Å². The molecule has 3 rings (SSSR count). The first kappa shape index (κ1) is 17.9. The fourth-order valence-corrected chi connectivity index (χ4v) is 5.03. The first-order chi connectivity index (χ1) is 11.5. The van der Waals surface area contributed by atoms with Crippen LogP contribution in [-0.4, -0.2) is 75.9 Å². The monoisotopic (exact) mass is 351 g/mol. The van der Waals surface area contributed by atoms with Crippen molar-refractivity contribution in [2.45, 2.75) is 30.6 Å². The molecule has 1 fully saturated rings. The summed E-state index contributed by atoms with van der Waals surface area (Å²) in [7, 11) is 0.779. The van der Waals surface area contributed by atoms with E-state index >= 15 is 0 Å². The summed E-state index contributed by atoms with van der Waals surface area (Å²) in [5, 5.41) is 0. The first-order valence-corrected chi connectivity index (χ1v) is 10.4. The van der Waals surface area contributed by atoms with Crippen LogP contribution in [0.1, 0.15) is 24.0 Å². The number of piperazine rings is 1. The fourth-order valence-electron chi connectivity index (χ4n) is 3.55. The van der Waals surface area contributed by atoms with Gasteiger partial charge < -0.3 is 4.90 Å². The zero-order valence-electron chi connectivity index (χ0n) is 14.9. The SMILES string of the molecule is CN(C)CCN1CCN(S(=O)(=O)c2ccc3c(c2)CCCC3)CC1. The highest BCUT2D eigenvalue weighted by Gasteiger charge is 2.29. The van der Waals surface area contributed by atoms with Crippen molar-refractivity contribution in [3.8, 4) is 0 Å². The van der Waals surface area contributed by atoms with Gasteiger partial charge in [0.15, 0.2) is 0 Å². The molecule has 0 bridgehead atoms. The topological polar surface area (TPSA) is 43.9 Å². The molecule has 5 nitrogen and oxygen atoms in total. The number of hydrogen-bond donors (Lipinski definition) is 0. The number of aryl methyl sites for hydroxylation is 2. The number of nitrogens with zero attached hydrogens (tertiary/aromatic N) is 3. The Hall–Kier alpha value is -0.950. The van der Waals surface area contributed by atoms with Crippen molar-refractivity contribution in [1.29, 1.82) is 0 Å². The maximum atomic E-state index is 12.9. The molecule has 0 N–H and O–H groups in total. The van der Waals surface area contributed by atoms with Gasteiger partial charge in [0.05, 0.1) is 4.90 Å². The lowest BCUT2D eigenvalue weighted by molar-refractivity contribution is 0.174. The van der Waals surface area contributed by atoms with Crippen LogP contribution in [0, 0.1) is 0 Å².